The van der Waals surface area contributed by atoms with E-state index in [4.69, 9.17) is 4.74 Å². The molecule has 0 aliphatic heterocycles. The van der Waals surface area contributed by atoms with Gasteiger partial charge in [-0.05, 0) is 13.3 Å². The minimum Gasteiger partial charge on any atom is -0.380 e. The van der Waals surface area contributed by atoms with Crippen molar-refractivity contribution in [3.63, 3.8) is 0 Å². The van der Waals surface area contributed by atoms with Crippen LogP contribution in [0.4, 0.5) is 0 Å². The normalized spacial score (nSPS) is 12.2. The van der Waals surface area contributed by atoms with Crippen molar-refractivity contribution in [2.75, 3.05) is 33.9 Å². The lowest BCUT2D eigenvalue weighted by Gasteiger charge is -2.17. The molecule has 0 aromatic rings. The summed E-state index contributed by atoms with van der Waals surface area (Å²) >= 11 is 0. The Morgan fingerprint density at radius 1 is 1.53 bits per heavy atom. The first kappa shape index (κ1) is 14.1. The smallest absolute Gasteiger partial charge is 0.238 e. The Bertz CT molecular complexity index is 193. The van der Waals surface area contributed by atoms with Crippen LogP contribution in [0.3, 0.4) is 0 Å². The number of ether oxygens (including phenoxy) is 1. The van der Waals surface area contributed by atoms with Crippen LogP contribution in [0.5, 0.6) is 0 Å². The fourth-order valence-corrected chi connectivity index (χ4v) is 1.09. The van der Waals surface area contributed by atoms with Crippen LogP contribution in [-0.4, -0.2) is 50.7 Å². The van der Waals surface area contributed by atoms with Crippen molar-refractivity contribution < 1.29 is 9.53 Å². The van der Waals surface area contributed by atoms with Crippen LogP contribution in [0.2, 0.25) is 0 Å². The van der Waals surface area contributed by atoms with Gasteiger partial charge in [-0.25, -0.2) is 0 Å². The van der Waals surface area contributed by atoms with Crippen LogP contribution in [0.25, 0.3) is 0 Å². The molecule has 88 valence electrons. The molecule has 0 bridgehead atoms. The number of nitrogens with zero attached hydrogens (tertiary/aromatic N) is 1. The molecule has 1 amide bonds. The second kappa shape index (κ2) is 8.44. The van der Waals surface area contributed by atoms with E-state index in [9.17, 15) is 4.79 Å². The van der Waals surface area contributed by atoms with E-state index in [1.165, 1.54) is 0 Å². The zero-order valence-electron chi connectivity index (χ0n) is 9.95. The molecule has 0 aliphatic rings. The monoisotopic (exact) mass is 214 g/mol. The Balaban J connectivity index is 3.42. The molecular formula is C11H22N2O2. The minimum atomic E-state index is -0.150. The second-order valence-electron chi connectivity index (χ2n) is 3.60. The highest BCUT2D eigenvalue weighted by Crippen LogP contribution is 1.88. The number of rotatable bonds is 8. The SMILES string of the molecule is C=CCCOCCNC(C)C(=O)N(C)C. The molecule has 0 saturated carbocycles. The van der Waals surface area contributed by atoms with Gasteiger partial charge in [0, 0.05) is 20.6 Å². The van der Waals surface area contributed by atoms with E-state index in [0.29, 0.717) is 19.8 Å². The molecule has 4 heteroatoms. The molecule has 0 fully saturated rings. The summed E-state index contributed by atoms with van der Waals surface area (Å²) in [6.45, 7) is 7.47. The molecule has 0 saturated heterocycles. The van der Waals surface area contributed by atoms with E-state index in [2.05, 4.69) is 11.9 Å². The Kier molecular flexibility index (Phi) is 7.95. The van der Waals surface area contributed by atoms with Gasteiger partial charge in [0.05, 0.1) is 19.3 Å². The van der Waals surface area contributed by atoms with Gasteiger partial charge < -0.3 is 15.0 Å². The summed E-state index contributed by atoms with van der Waals surface area (Å²) in [6.07, 6.45) is 2.69. The predicted molar refractivity (Wildman–Crippen MR) is 61.8 cm³/mol. The fourth-order valence-electron chi connectivity index (χ4n) is 1.09. The molecular weight excluding hydrogens is 192 g/mol. The van der Waals surface area contributed by atoms with E-state index >= 15 is 0 Å². The Morgan fingerprint density at radius 2 is 2.20 bits per heavy atom. The van der Waals surface area contributed by atoms with Crippen molar-refractivity contribution in [2.24, 2.45) is 0 Å². The predicted octanol–water partition coefficient (Wildman–Crippen LogP) is 0.645. The van der Waals surface area contributed by atoms with Gasteiger partial charge in [-0.2, -0.15) is 0 Å². The van der Waals surface area contributed by atoms with E-state index in [0.717, 1.165) is 6.42 Å². The molecule has 15 heavy (non-hydrogen) atoms. The number of carbonyl (C=O) groups excluding carboxylic acids is 1. The van der Waals surface area contributed by atoms with E-state index < -0.39 is 0 Å². The van der Waals surface area contributed by atoms with E-state index in [1.807, 2.05) is 13.0 Å². The molecule has 0 rings (SSSR count). The van der Waals surface area contributed by atoms with Gasteiger partial charge in [0.15, 0.2) is 0 Å². The molecule has 0 spiro atoms. The van der Waals surface area contributed by atoms with Crippen LogP contribution in [0.1, 0.15) is 13.3 Å². The molecule has 0 aromatic heterocycles. The maximum atomic E-state index is 11.4. The Labute approximate surface area is 92.3 Å². The van der Waals surface area contributed by atoms with Gasteiger partial charge in [0.25, 0.3) is 0 Å². The van der Waals surface area contributed by atoms with Gasteiger partial charge in [-0.15, -0.1) is 6.58 Å². The van der Waals surface area contributed by atoms with Gasteiger partial charge in [-0.3, -0.25) is 4.79 Å². The molecule has 0 heterocycles. The molecule has 0 radical (unpaired) electrons. The quantitative estimate of drug-likeness (QED) is 0.476. The lowest BCUT2D eigenvalue weighted by Crippen LogP contribution is -2.42. The first-order chi connectivity index (χ1) is 7.09. The summed E-state index contributed by atoms with van der Waals surface area (Å²) in [6, 6.07) is -0.150. The molecule has 0 aliphatic carbocycles. The third-order valence-corrected chi connectivity index (χ3v) is 1.97. The van der Waals surface area contributed by atoms with Crippen molar-refractivity contribution in [3.8, 4) is 0 Å². The zero-order valence-corrected chi connectivity index (χ0v) is 9.95. The van der Waals surface area contributed by atoms with Gasteiger partial charge >= 0.3 is 0 Å². The van der Waals surface area contributed by atoms with Crippen LogP contribution in [0.15, 0.2) is 12.7 Å². The average molecular weight is 214 g/mol. The van der Waals surface area contributed by atoms with Crippen molar-refractivity contribution >= 4 is 5.91 Å². The number of carbonyl (C=O) groups is 1. The number of nitrogens with one attached hydrogen (secondary N) is 1. The highest BCUT2D eigenvalue weighted by atomic mass is 16.5. The minimum absolute atomic E-state index is 0.0843. The summed E-state index contributed by atoms with van der Waals surface area (Å²) in [5.74, 6) is 0.0843. The standard InChI is InChI=1S/C11H22N2O2/c1-5-6-8-15-9-7-12-10(2)11(14)13(3)4/h5,10,12H,1,6-9H2,2-4H3. The maximum Gasteiger partial charge on any atom is 0.238 e. The van der Waals surface area contributed by atoms with Gasteiger partial charge in [0.1, 0.15) is 0 Å². The number of likely N-dealkylation sites (N-methyl/N-ethyl adjacent to an activating group) is 1. The third-order valence-electron chi connectivity index (χ3n) is 1.97. The molecule has 1 N–H and O–H groups in total. The molecule has 1 atom stereocenters. The lowest BCUT2D eigenvalue weighted by atomic mass is 10.3. The molecule has 4 nitrogen and oxygen atoms in total. The summed E-state index contributed by atoms with van der Waals surface area (Å²) in [5.41, 5.74) is 0. The van der Waals surface area contributed by atoms with Crippen LogP contribution < -0.4 is 5.32 Å². The van der Waals surface area contributed by atoms with E-state index in [-0.39, 0.29) is 11.9 Å². The number of hydrogen-bond donors (Lipinski definition) is 1. The van der Waals surface area contributed by atoms with Gasteiger partial charge in [-0.1, -0.05) is 6.08 Å². The Morgan fingerprint density at radius 3 is 2.73 bits per heavy atom. The third kappa shape index (κ3) is 7.11. The zero-order chi connectivity index (χ0) is 11.7. The van der Waals surface area contributed by atoms with Crippen LogP contribution >= 0.6 is 0 Å². The average Bonchev–Trinajstić information content (AvgIpc) is 2.21. The second-order valence-corrected chi connectivity index (χ2v) is 3.60. The van der Waals surface area contributed by atoms with Crippen molar-refractivity contribution in [3.05, 3.63) is 12.7 Å². The first-order valence-electron chi connectivity index (χ1n) is 5.22. The highest BCUT2D eigenvalue weighted by molar-refractivity contribution is 5.80. The summed E-state index contributed by atoms with van der Waals surface area (Å²) in [7, 11) is 3.50. The Hall–Kier alpha value is -0.870. The molecule has 1 unspecified atom stereocenters. The summed E-state index contributed by atoms with van der Waals surface area (Å²) in [5, 5.41) is 3.10. The highest BCUT2D eigenvalue weighted by Gasteiger charge is 2.12. The molecule has 0 aromatic carbocycles. The van der Waals surface area contributed by atoms with Crippen molar-refractivity contribution in [1.82, 2.24) is 10.2 Å². The van der Waals surface area contributed by atoms with Crippen LogP contribution in [0, 0.1) is 0 Å². The van der Waals surface area contributed by atoms with E-state index in [1.54, 1.807) is 19.0 Å². The first-order valence-corrected chi connectivity index (χ1v) is 5.22. The van der Waals surface area contributed by atoms with Crippen LogP contribution in [-0.2, 0) is 9.53 Å². The number of amides is 1. The summed E-state index contributed by atoms with van der Waals surface area (Å²) in [4.78, 5) is 13.0. The maximum absolute atomic E-state index is 11.4. The van der Waals surface area contributed by atoms with Crippen molar-refractivity contribution in [1.29, 1.82) is 0 Å². The summed E-state index contributed by atoms with van der Waals surface area (Å²) < 4.78 is 5.31. The van der Waals surface area contributed by atoms with Gasteiger partial charge in [0.2, 0.25) is 5.91 Å². The van der Waals surface area contributed by atoms with Crippen molar-refractivity contribution in [2.45, 2.75) is 19.4 Å². The number of hydrogen-bond acceptors (Lipinski definition) is 3. The topological polar surface area (TPSA) is 41.6 Å². The largest absolute Gasteiger partial charge is 0.380 e. The lowest BCUT2D eigenvalue weighted by molar-refractivity contribution is -0.130. The fraction of sp³-hybridized carbons (Fsp3) is 0.727.